The van der Waals surface area contributed by atoms with Gasteiger partial charge in [-0.05, 0) is 0 Å². The van der Waals surface area contributed by atoms with E-state index in [9.17, 15) is 4.79 Å². The first-order valence-electron chi connectivity index (χ1n) is 2.99. The van der Waals surface area contributed by atoms with Gasteiger partial charge < -0.3 is 9.88 Å². The molecule has 1 aromatic rings. The molecule has 0 aliphatic rings. The number of nitrogens with one attached hydrogen (secondary N) is 1. The molecule has 0 saturated heterocycles. The molecule has 0 aromatic carbocycles. The molecule has 0 fully saturated rings. The van der Waals surface area contributed by atoms with Gasteiger partial charge in [0.1, 0.15) is 6.54 Å². The number of hydrogen-bond donors (Lipinski definition) is 1. The number of carbonyl (C=O) groups is 1. The SMILES string of the molecule is CNC(=O)Cn1ccnc1. The van der Waals surface area contributed by atoms with Gasteiger partial charge in [0, 0.05) is 19.4 Å². The Labute approximate surface area is 58.9 Å². The van der Waals surface area contributed by atoms with Gasteiger partial charge >= 0.3 is 0 Å². The fraction of sp³-hybridized carbons (Fsp3) is 0.333. The highest BCUT2D eigenvalue weighted by atomic mass is 16.1. The number of likely N-dealkylation sites (N-methyl/N-ethyl adjacent to an activating group) is 1. The first-order chi connectivity index (χ1) is 4.83. The third-order valence-corrected chi connectivity index (χ3v) is 1.16. The monoisotopic (exact) mass is 139 g/mol. The fourth-order valence-electron chi connectivity index (χ4n) is 0.625. The van der Waals surface area contributed by atoms with E-state index in [0.29, 0.717) is 6.54 Å². The zero-order valence-corrected chi connectivity index (χ0v) is 5.74. The van der Waals surface area contributed by atoms with E-state index in [4.69, 9.17) is 0 Å². The van der Waals surface area contributed by atoms with Crippen molar-refractivity contribution in [2.45, 2.75) is 6.54 Å². The number of rotatable bonds is 2. The quantitative estimate of drug-likeness (QED) is 0.607. The standard InChI is InChI=1S/C6H9N3O/c1-7-6(10)4-9-3-2-8-5-9/h2-3,5H,4H2,1H3,(H,7,10). The summed E-state index contributed by atoms with van der Waals surface area (Å²) in [5.74, 6) is -0.0157. The van der Waals surface area contributed by atoms with Crippen LogP contribution in [0, 0.1) is 0 Å². The first-order valence-corrected chi connectivity index (χ1v) is 2.99. The van der Waals surface area contributed by atoms with Crippen LogP contribution in [-0.2, 0) is 11.3 Å². The normalized spacial score (nSPS) is 9.30. The van der Waals surface area contributed by atoms with Crippen molar-refractivity contribution in [1.29, 1.82) is 0 Å². The molecule has 1 N–H and O–H groups in total. The number of carbonyl (C=O) groups excluding carboxylic acids is 1. The van der Waals surface area contributed by atoms with Gasteiger partial charge in [-0.3, -0.25) is 4.79 Å². The summed E-state index contributed by atoms with van der Waals surface area (Å²) in [5.41, 5.74) is 0. The van der Waals surface area contributed by atoms with E-state index in [-0.39, 0.29) is 5.91 Å². The number of nitrogens with zero attached hydrogens (tertiary/aromatic N) is 2. The van der Waals surface area contributed by atoms with Crippen molar-refractivity contribution in [3.63, 3.8) is 0 Å². The molecule has 0 aliphatic heterocycles. The van der Waals surface area contributed by atoms with Crippen LogP contribution in [0.4, 0.5) is 0 Å². The Kier molecular flexibility index (Phi) is 2.04. The second-order valence-electron chi connectivity index (χ2n) is 1.91. The van der Waals surface area contributed by atoms with E-state index in [0.717, 1.165) is 0 Å². The Balaban J connectivity index is 2.48. The summed E-state index contributed by atoms with van der Waals surface area (Å²) >= 11 is 0. The molecule has 0 spiro atoms. The molecule has 0 bridgehead atoms. The van der Waals surface area contributed by atoms with Crippen molar-refractivity contribution in [2.24, 2.45) is 0 Å². The van der Waals surface area contributed by atoms with Gasteiger partial charge in [0.2, 0.25) is 5.91 Å². The molecule has 1 amide bonds. The molecular weight excluding hydrogens is 130 g/mol. The van der Waals surface area contributed by atoms with E-state index >= 15 is 0 Å². The highest BCUT2D eigenvalue weighted by molar-refractivity contribution is 5.75. The van der Waals surface area contributed by atoms with E-state index in [1.54, 1.807) is 30.3 Å². The molecule has 1 heterocycles. The van der Waals surface area contributed by atoms with Gasteiger partial charge in [0.25, 0.3) is 0 Å². The second-order valence-corrected chi connectivity index (χ2v) is 1.91. The molecular formula is C6H9N3O. The zero-order valence-electron chi connectivity index (χ0n) is 5.74. The van der Waals surface area contributed by atoms with Crippen molar-refractivity contribution < 1.29 is 4.79 Å². The van der Waals surface area contributed by atoms with Gasteiger partial charge in [-0.25, -0.2) is 4.98 Å². The van der Waals surface area contributed by atoms with Gasteiger partial charge in [-0.2, -0.15) is 0 Å². The van der Waals surface area contributed by atoms with Crippen molar-refractivity contribution in [2.75, 3.05) is 7.05 Å². The Morgan fingerprint density at radius 1 is 1.80 bits per heavy atom. The summed E-state index contributed by atoms with van der Waals surface area (Å²) in [6.07, 6.45) is 4.99. The third-order valence-electron chi connectivity index (χ3n) is 1.16. The molecule has 0 aliphatic carbocycles. The number of hydrogen-bond acceptors (Lipinski definition) is 2. The van der Waals surface area contributed by atoms with Gasteiger partial charge in [0.15, 0.2) is 0 Å². The predicted octanol–water partition coefficient (Wildman–Crippen LogP) is -0.371. The molecule has 1 aromatic heterocycles. The summed E-state index contributed by atoms with van der Waals surface area (Å²) in [6, 6.07) is 0. The van der Waals surface area contributed by atoms with Gasteiger partial charge in [0.05, 0.1) is 6.33 Å². The van der Waals surface area contributed by atoms with Gasteiger partial charge in [-0.15, -0.1) is 0 Å². The zero-order chi connectivity index (χ0) is 7.40. The predicted molar refractivity (Wildman–Crippen MR) is 36.3 cm³/mol. The Bertz CT molecular complexity index is 205. The van der Waals surface area contributed by atoms with Crippen LogP contribution in [0.15, 0.2) is 18.7 Å². The van der Waals surface area contributed by atoms with Crippen molar-refractivity contribution >= 4 is 5.91 Å². The lowest BCUT2D eigenvalue weighted by Crippen LogP contribution is -2.22. The third kappa shape index (κ3) is 1.58. The minimum Gasteiger partial charge on any atom is -0.358 e. The highest BCUT2D eigenvalue weighted by Crippen LogP contribution is 1.83. The number of aromatic nitrogens is 2. The molecule has 1 rings (SSSR count). The second kappa shape index (κ2) is 3.00. The van der Waals surface area contributed by atoms with Crippen LogP contribution in [0.5, 0.6) is 0 Å². The van der Waals surface area contributed by atoms with Crippen LogP contribution in [0.2, 0.25) is 0 Å². The molecule has 54 valence electrons. The maximum absolute atomic E-state index is 10.7. The molecule has 0 unspecified atom stereocenters. The van der Waals surface area contributed by atoms with E-state index in [1.165, 1.54) is 0 Å². The topological polar surface area (TPSA) is 46.9 Å². The van der Waals surface area contributed by atoms with E-state index < -0.39 is 0 Å². The van der Waals surface area contributed by atoms with Crippen LogP contribution in [0.1, 0.15) is 0 Å². The minimum absolute atomic E-state index is 0.0157. The molecule has 0 saturated carbocycles. The Morgan fingerprint density at radius 2 is 2.60 bits per heavy atom. The first kappa shape index (κ1) is 6.80. The minimum atomic E-state index is -0.0157. The summed E-state index contributed by atoms with van der Waals surface area (Å²) in [4.78, 5) is 14.5. The largest absolute Gasteiger partial charge is 0.358 e. The lowest BCUT2D eigenvalue weighted by Gasteiger charge is -1.98. The molecule has 4 nitrogen and oxygen atoms in total. The van der Waals surface area contributed by atoms with Crippen LogP contribution < -0.4 is 5.32 Å². The number of imidazole rings is 1. The smallest absolute Gasteiger partial charge is 0.239 e. The fourth-order valence-corrected chi connectivity index (χ4v) is 0.625. The Hall–Kier alpha value is -1.32. The van der Waals surface area contributed by atoms with Crippen LogP contribution in [0.3, 0.4) is 0 Å². The van der Waals surface area contributed by atoms with Crippen LogP contribution in [-0.4, -0.2) is 22.5 Å². The molecule has 0 atom stereocenters. The van der Waals surface area contributed by atoms with Crippen LogP contribution in [0.25, 0.3) is 0 Å². The summed E-state index contributed by atoms with van der Waals surface area (Å²) < 4.78 is 1.71. The molecule has 10 heavy (non-hydrogen) atoms. The highest BCUT2D eigenvalue weighted by Gasteiger charge is 1.96. The van der Waals surface area contributed by atoms with Crippen molar-refractivity contribution in [1.82, 2.24) is 14.9 Å². The van der Waals surface area contributed by atoms with Crippen molar-refractivity contribution in [3.05, 3.63) is 18.7 Å². The van der Waals surface area contributed by atoms with Crippen LogP contribution >= 0.6 is 0 Å². The summed E-state index contributed by atoms with van der Waals surface area (Å²) in [7, 11) is 1.61. The average Bonchev–Trinajstić information content (AvgIpc) is 2.40. The maximum Gasteiger partial charge on any atom is 0.239 e. The molecule has 0 radical (unpaired) electrons. The van der Waals surface area contributed by atoms with Gasteiger partial charge in [-0.1, -0.05) is 0 Å². The van der Waals surface area contributed by atoms with Crippen molar-refractivity contribution in [3.8, 4) is 0 Å². The summed E-state index contributed by atoms with van der Waals surface area (Å²) in [6.45, 7) is 0.344. The lowest BCUT2D eigenvalue weighted by atomic mass is 10.6. The van der Waals surface area contributed by atoms with E-state index in [2.05, 4.69) is 10.3 Å². The summed E-state index contributed by atoms with van der Waals surface area (Å²) in [5, 5.41) is 2.52. The van der Waals surface area contributed by atoms with E-state index in [1.807, 2.05) is 0 Å². The Morgan fingerprint density at radius 3 is 3.10 bits per heavy atom. The lowest BCUT2D eigenvalue weighted by molar-refractivity contribution is -0.121. The molecule has 4 heteroatoms. The number of amides is 1. The average molecular weight is 139 g/mol. The maximum atomic E-state index is 10.7.